The molecule has 0 heterocycles. The minimum atomic E-state index is -0.0517. The van der Waals surface area contributed by atoms with Gasteiger partial charge in [0.2, 0.25) is 0 Å². The molecule has 1 atom stereocenters. The summed E-state index contributed by atoms with van der Waals surface area (Å²) in [6.07, 6.45) is 1.88. The molecule has 0 aliphatic rings. The number of hydrogen-bond donors (Lipinski definition) is 1. The SMILES string of the molecule is CCCOCc1cc(C(=O)N[C@@H](C)CC)ccc1OCC. The molecule has 0 bridgehead atoms. The van der Waals surface area contributed by atoms with Crippen LogP contribution in [0.4, 0.5) is 0 Å². The van der Waals surface area contributed by atoms with Crippen LogP contribution in [0.3, 0.4) is 0 Å². The average Bonchev–Trinajstić information content (AvgIpc) is 2.49. The molecule has 1 aromatic rings. The molecule has 118 valence electrons. The highest BCUT2D eigenvalue weighted by Crippen LogP contribution is 2.21. The molecule has 1 aromatic carbocycles. The first-order chi connectivity index (χ1) is 10.1. The van der Waals surface area contributed by atoms with Crippen LogP contribution in [0.2, 0.25) is 0 Å². The molecular formula is C17H27NO3. The van der Waals surface area contributed by atoms with Crippen LogP contribution < -0.4 is 10.1 Å². The zero-order valence-corrected chi connectivity index (χ0v) is 13.6. The average molecular weight is 293 g/mol. The molecular weight excluding hydrogens is 266 g/mol. The summed E-state index contributed by atoms with van der Waals surface area (Å²) < 4.78 is 11.2. The lowest BCUT2D eigenvalue weighted by atomic mass is 10.1. The molecule has 1 rings (SSSR count). The van der Waals surface area contributed by atoms with Crippen molar-refractivity contribution in [2.75, 3.05) is 13.2 Å². The van der Waals surface area contributed by atoms with E-state index in [0.29, 0.717) is 25.4 Å². The first-order valence-electron chi connectivity index (χ1n) is 7.76. The third-order valence-electron chi connectivity index (χ3n) is 3.22. The summed E-state index contributed by atoms with van der Waals surface area (Å²) >= 11 is 0. The third-order valence-corrected chi connectivity index (χ3v) is 3.22. The summed E-state index contributed by atoms with van der Waals surface area (Å²) in [4.78, 5) is 12.2. The van der Waals surface area contributed by atoms with Crippen molar-refractivity contribution in [3.63, 3.8) is 0 Å². The first kappa shape index (κ1) is 17.5. The number of ether oxygens (including phenoxy) is 2. The molecule has 1 amide bonds. The van der Waals surface area contributed by atoms with Crippen LogP contribution in [0.5, 0.6) is 5.75 Å². The monoisotopic (exact) mass is 293 g/mol. The van der Waals surface area contributed by atoms with Gasteiger partial charge in [-0.15, -0.1) is 0 Å². The van der Waals surface area contributed by atoms with Gasteiger partial charge in [0.15, 0.2) is 0 Å². The maximum Gasteiger partial charge on any atom is 0.251 e. The lowest BCUT2D eigenvalue weighted by Crippen LogP contribution is -2.31. The summed E-state index contributed by atoms with van der Waals surface area (Å²) in [5.41, 5.74) is 1.57. The number of rotatable bonds is 9. The van der Waals surface area contributed by atoms with Gasteiger partial charge in [0, 0.05) is 23.8 Å². The number of carbonyl (C=O) groups is 1. The van der Waals surface area contributed by atoms with Gasteiger partial charge < -0.3 is 14.8 Å². The Morgan fingerprint density at radius 3 is 2.67 bits per heavy atom. The molecule has 1 N–H and O–H groups in total. The molecule has 0 fully saturated rings. The van der Waals surface area contributed by atoms with E-state index < -0.39 is 0 Å². The summed E-state index contributed by atoms with van der Waals surface area (Å²) in [7, 11) is 0. The van der Waals surface area contributed by atoms with E-state index in [1.165, 1.54) is 0 Å². The topological polar surface area (TPSA) is 47.6 Å². The van der Waals surface area contributed by atoms with Gasteiger partial charge in [-0.05, 0) is 44.9 Å². The van der Waals surface area contributed by atoms with Crippen molar-refractivity contribution in [3.05, 3.63) is 29.3 Å². The van der Waals surface area contributed by atoms with E-state index in [9.17, 15) is 4.79 Å². The van der Waals surface area contributed by atoms with E-state index in [0.717, 1.165) is 24.2 Å². The summed E-state index contributed by atoms with van der Waals surface area (Å²) in [6.45, 7) is 9.83. The Balaban J connectivity index is 2.86. The molecule has 0 unspecified atom stereocenters. The van der Waals surface area contributed by atoms with Gasteiger partial charge in [-0.25, -0.2) is 0 Å². The Morgan fingerprint density at radius 1 is 1.29 bits per heavy atom. The van der Waals surface area contributed by atoms with Gasteiger partial charge >= 0.3 is 0 Å². The van der Waals surface area contributed by atoms with E-state index in [2.05, 4.69) is 12.2 Å². The summed E-state index contributed by atoms with van der Waals surface area (Å²) in [5, 5.41) is 2.97. The lowest BCUT2D eigenvalue weighted by Gasteiger charge is -2.14. The smallest absolute Gasteiger partial charge is 0.251 e. The summed E-state index contributed by atoms with van der Waals surface area (Å²) in [6, 6.07) is 5.67. The second-order valence-corrected chi connectivity index (χ2v) is 5.09. The predicted octanol–water partition coefficient (Wildman–Crippen LogP) is 3.54. The molecule has 0 saturated carbocycles. The molecule has 0 aliphatic carbocycles. The van der Waals surface area contributed by atoms with E-state index in [4.69, 9.17) is 9.47 Å². The van der Waals surface area contributed by atoms with Crippen molar-refractivity contribution < 1.29 is 14.3 Å². The molecule has 0 radical (unpaired) electrons. The molecule has 0 saturated heterocycles. The van der Waals surface area contributed by atoms with Crippen LogP contribution in [0, 0.1) is 0 Å². The van der Waals surface area contributed by atoms with Crippen molar-refractivity contribution in [2.45, 2.75) is 53.2 Å². The number of amides is 1. The van der Waals surface area contributed by atoms with Crippen molar-refractivity contribution in [1.29, 1.82) is 0 Å². The first-order valence-corrected chi connectivity index (χ1v) is 7.76. The quantitative estimate of drug-likeness (QED) is 0.708. The Labute approximate surface area is 127 Å². The fourth-order valence-electron chi connectivity index (χ4n) is 1.87. The maximum absolute atomic E-state index is 12.2. The van der Waals surface area contributed by atoms with E-state index in [1.54, 1.807) is 6.07 Å². The molecule has 0 aliphatic heterocycles. The standard InChI is InChI=1S/C17H27NO3/c1-5-10-20-12-15-11-14(8-9-16(15)21-7-3)17(19)18-13(4)6-2/h8-9,11,13H,5-7,10,12H2,1-4H3,(H,18,19)/t13-/m0/s1. The highest BCUT2D eigenvalue weighted by molar-refractivity contribution is 5.94. The molecule has 0 spiro atoms. The van der Waals surface area contributed by atoms with Crippen LogP contribution in [0.25, 0.3) is 0 Å². The Kier molecular flexibility index (Phi) is 7.83. The Bertz CT molecular complexity index is 446. The molecule has 0 aromatic heterocycles. The maximum atomic E-state index is 12.2. The van der Waals surface area contributed by atoms with Crippen LogP contribution >= 0.6 is 0 Å². The zero-order valence-electron chi connectivity index (χ0n) is 13.6. The van der Waals surface area contributed by atoms with Crippen molar-refractivity contribution >= 4 is 5.91 Å². The van der Waals surface area contributed by atoms with Crippen LogP contribution in [0.15, 0.2) is 18.2 Å². The van der Waals surface area contributed by atoms with Crippen LogP contribution in [0.1, 0.15) is 56.5 Å². The van der Waals surface area contributed by atoms with Gasteiger partial charge in [0.25, 0.3) is 5.91 Å². The second-order valence-electron chi connectivity index (χ2n) is 5.09. The number of nitrogens with one attached hydrogen (secondary N) is 1. The number of benzene rings is 1. The van der Waals surface area contributed by atoms with Gasteiger partial charge in [-0.2, -0.15) is 0 Å². The fraction of sp³-hybridized carbons (Fsp3) is 0.588. The highest BCUT2D eigenvalue weighted by Gasteiger charge is 2.12. The Hall–Kier alpha value is -1.55. The highest BCUT2D eigenvalue weighted by atomic mass is 16.5. The van der Waals surface area contributed by atoms with Crippen molar-refractivity contribution in [1.82, 2.24) is 5.32 Å². The van der Waals surface area contributed by atoms with E-state index >= 15 is 0 Å². The van der Waals surface area contributed by atoms with Gasteiger partial charge in [-0.1, -0.05) is 13.8 Å². The normalized spacial score (nSPS) is 12.0. The predicted molar refractivity (Wildman–Crippen MR) is 84.8 cm³/mol. The van der Waals surface area contributed by atoms with E-state index in [1.807, 2.05) is 32.9 Å². The largest absolute Gasteiger partial charge is 0.494 e. The van der Waals surface area contributed by atoms with E-state index in [-0.39, 0.29) is 11.9 Å². The number of hydrogen-bond acceptors (Lipinski definition) is 3. The molecule has 4 heteroatoms. The van der Waals surface area contributed by atoms with Gasteiger partial charge in [0.1, 0.15) is 5.75 Å². The number of carbonyl (C=O) groups excluding carboxylic acids is 1. The minimum Gasteiger partial charge on any atom is -0.494 e. The van der Waals surface area contributed by atoms with Crippen molar-refractivity contribution in [2.24, 2.45) is 0 Å². The fourth-order valence-corrected chi connectivity index (χ4v) is 1.87. The Morgan fingerprint density at radius 2 is 2.05 bits per heavy atom. The zero-order chi connectivity index (χ0) is 15.7. The van der Waals surface area contributed by atoms with Crippen molar-refractivity contribution in [3.8, 4) is 5.75 Å². The lowest BCUT2D eigenvalue weighted by molar-refractivity contribution is 0.0938. The van der Waals surface area contributed by atoms with Gasteiger partial charge in [0.05, 0.1) is 13.2 Å². The minimum absolute atomic E-state index is 0.0517. The molecule has 21 heavy (non-hydrogen) atoms. The molecule has 4 nitrogen and oxygen atoms in total. The third kappa shape index (κ3) is 5.76. The van der Waals surface area contributed by atoms with Crippen LogP contribution in [-0.4, -0.2) is 25.2 Å². The second kappa shape index (κ2) is 9.40. The van der Waals surface area contributed by atoms with Crippen LogP contribution in [-0.2, 0) is 11.3 Å². The summed E-state index contributed by atoms with van der Waals surface area (Å²) in [5.74, 6) is 0.734. The van der Waals surface area contributed by atoms with Gasteiger partial charge in [-0.3, -0.25) is 4.79 Å².